The molecule has 0 fully saturated rings. The molecule has 18 heavy (non-hydrogen) atoms. The van der Waals surface area contributed by atoms with Crippen LogP contribution >= 0.6 is 23.6 Å². The van der Waals surface area contributed by atoms with Crippen LogP contribution in [0.4, 0.5) is 0 Å². The fourth-order valence-corrected chi connectivity index (χ4v) is 2.67. The summed E-state index contributed by atoms with van der Waals surface area (Å²) in [7, 11) is 1.97. The van der Waals surface area contributed by atoms with Crippen molar-refractivity contribution in [1.82, 2.24) is 24.3 Å². The Bertz CT molecular complexity index is 704. The van der Waals surface area contributed by atoms with Crippen LogP contribution < -0.4 is 0 Å². The van der Waals surface area contributed by atoms with E-state index in [0.717, 1.165) is 16.5 Å². The third kappa shape index (κ3) is 1.91. The first-order chi connectivity index (χ1) is 8.75. The van der Waals surface area contributed by atoms with E-state index < -0.39 is 0 Å². The van der Waals surface area contributed by atoms with Crippen molar-refractivity contribution in [3.05, 3.63) is 40.5 Å². The van der Waals surface area contributed by atoms with E-state index in [2.05, 4.69) is 15.2 Å². The van der Waals surface area contributed by atoms with E-state index in [1.165, 1.54) is 0 Å². The lowest BCUT2D eigenvalue weighted by Crippen LogP contribution is -2.07. The van der Waals surface area contributed by atoms with Gasteiger partial charge in [0.15, 0.2) is 10.6 Å². The first-order valence-corrected chi connectivity index (χ1v) is 6.70. The molecule has 0 atom stereocenters. The van der Waals surface area contributed by atoms with Crippen LogP contribution in [0.3, 0.4) is 0 Å². The maximum atomic E-state index is 5.28. The topological polar surface area (TPSA) is 51.4 Å². The number of hydrogen-bond acceptors (Lipinski definition) is 4. The van der Waals surface area contributed by atoms with E-state index in [4.69, 9.17) is 12.2 Å². The summed E-state index contributed by atoms with van der Waals surface area (Å²) in [6.07, 6.45) is 3.70. The number of thiophene rings is 1. The number of aromatic amines is 1. The first kappa shape index (κ1) is 11.4. The number of aromatic nitrogens is 5. The zero-order valence-corrected chi connectivity index (χ0v) is 11.3. The highest BCUT2D eigenvalue weighted by Crippen LogP contribution is 2.23. The Hall–Kier alpha value is -1.73. The van der Waals surface area contributed by atoms with Gasteiger partial charge in [-0.25, -0.2) is 4.98 Å². The molecule has 0 amide bonds. The monoisotopic (exact) mass is 277 g/mol. The Morgan fingerprint density at radius 1 is 1.50 bits per heavy atom. The molecule has 3 heterocycles. The molecule has 1 N–H and O–H groups in total. The van der Waals surface area contributed by atoms with Gasteiger partial charge in [0.1, 0.15) is 5.82 Å². The molecule has 5 nitrogen and oxygen atoms in total. The van der Waals surface area contributed by atoms with E-state index in [0.29, 0.717) is 11.3 Å². The van der Waals surface area contributed by atoms with Crippen LogP contribution in [0.1, 0.15) is 5.82 Å². The van der Waals surface area contributed by atoms with Gasteiger partial charge in [0.05, 0.1) is 11.4 Å². The Balaban J connectivity index is 2.05. The molecule has 0 aliphatic rings. The van der Waals surface area contributed by atoms with Gasteiger partial charge in [-0.05, 0) is 23.7 Å². The number of H-pyrrole nitrogens is 1. The Labute approximate surface area is 113 Å². The number of rotatable bonds is 3. The van der Waals surface area contributed by atoms with Crippen LogP contribution in [-0.4, -0.2) is 24.3 Å². The van der Waals surface area contributed by atoms with E-state index in [1.807, 2.05) is 39.9 Å². The van der Waals surface area contributed by atoms with Gasteiger partial charge in [0, 0.05) is 19.4 Å². The van der Waals surface area contributed by atoms with Gasteiger partial charge in [-0.3, -0.25) is 9.67 Å². The lowest BCUT2D eigenvalue weighted by Gasteiger charge is -2.05. The third-order valence-corrected chi connectivity index (χ3v) is 3.90. The van der Waals surface area contributed by atoms with Crippen molar-refractivity contribution < 1.29 is 0 Å². The van der Waals surface area contributed by atoms with Crippen LogP contribution in [0, 0.1) is 4.77 Å². The maximum absolute atomic E-state index is 5.28. The highest BCUT2D eigenvalue weighted by Gasteiger charge is 2.11. The molecule has 0 aliphatic heterocycles. The van der Waals surface area contributed by atoms with Crippen molar-refractivity contribution in [2.24, 2.45) is 7.05 Å². The summed E-state index contributed by atoms with van der Waals surface area (Å²) >= 11 is 6.92. The fourth-order valence-electron chi connectivity index (χ4n) is 1.75. The molecule has 0 saturated heterocycles. The SMILES string of the molecule is Cn1ccnc1Cn1c(-c2cccs2)n[nH]c1=S. The Morgan fingerprint density at radius 2 is 2.39 bits per heavy atom. The van der Waals surface area contributed by atoms with Crippen LogP contribution in [-0.2, 0) is 13.6 Å². The van der Waals surface area contributed by atoms with E-state index in [9.17, 15) is 0 Å². The number of nitrogens with one attached hydrogen (secondary N) is 1. The maximum Gasteiger partial charge on any atom is 0.195 e. The lowest BCUT2D eigenvalue weighted by molar-refractivity contribution is 0.696. The minimum absolute atomic E-state index is 0.612. The molecule has 3 aromatic heterocycles. The van der Waals surface area contributed by atoms with Crippen molar-refractivity contribution in [2.75, 3.05) is 0 Å². The van der Waals surface area contributed by atoms with Crippen LogP contribution in [0.2, 0.25) is 0 Å². The molecule has 7 heteroatoms. The average molecular weight is 277 g/mol. The molecule has 0 spiro atoms. The predicted molar refractivity (Wildman–Crippen MR) is 73.0 cm³/mol. The van der Waals surface area contributed by atoms with Crippen molar-refractivity contribution in [3.63, 3.8) is 0 Å². The average Bonchev–Trinajstić information content (AvgIpc) is 3.04. The van der Waals surface area contributed by atoms with Gasteiger partial charge in [0.2, 0.25) is 0 Å². The standard InChI is InChI=1S/C11H11N5S2/c1-15-5-4-12-9(15)7-16-10(13-14-11(16)17)8-3-2-6-18-8/h2-6H,7H2,1H3,(H,14,17). The van der Waals surface area contributed by atoms with E-state index in [1.54, 1.807) is 17.5 Å². The summed E-state index contributed by atoms with van der Waals surface area (Å²) in [6.45, 7) is 0.617. The molecular weight excluding hydrogens is 266 g/mol. The normalized spacial score (nSPS) is 10.9. The Kier molecular flexibility index (Phi) is 2.85. The minimum atomic E-state index is 0.612. The van der Waals surface area contributed by atoms with Gasteiger partial charge in [-0.1, -0.05) is 6.07 Å². The van der Waals surface area contributed by atoms with E-state index >= 15 is 0 Å². The summed E-state index contributed by atoms with van der Waals surface area (Å²) in [5, 5.41) is 9.16. The quantitative estimate of drug-likeness (QED) is 0.748. The van der Waals surface area contributed by atoms with Crippen molar-refractivity contribution in [1.29, 1.82) is 0 Å². The smallest absolute Gasteiger partial charge is 0.195 e. The lowest BCUT2D eigenvalue weighted by atomic mass is 10.4. The summed E-state index contributed by atoms with van der Waals surface area (Å²) in [6, 6.07) is 4.04. The number of nitrogens with zero attached hydrogens (tertiary/aromatic N) is 4. The molecule has 0 aliphatic carbocycles. The van der Waals surface area contributed by atoms with Gasteiger partial charge in [-0.15, -0.1) is 11.3 Å². The molecule has 3 rings (SSSR count). The zero-order valence-electron chi connectivity index (χ0n) is 9.70. The predicted octanol–water partition coefficient (Wildman–Crippen LogP) is 2.45. The molecular formula is C11H11N5S2. The van der Waals surface area contributed by atoms with Gasteiger partial charge in [0.25, 0.3) is 0 Å². The number of aryl methyl sites for hydroxylation is 1. The highest BCUT2D eigenvalue weighted by molar-refractivity contribution is 7.71. The zero-order chi connectivity index (χ0) is 12.5. The molecule has 92 valence electrons. The van der Waals surface area contributed by atoms with Crippen LogP contribution in [0.5, 0.6) is 0 Å². The third-order valence-electron chi connectivity index (χ3n) is 2.72. The fraction of sp³-hybridized carbons (Fsp3) is 0.182. The molecule has 0 bridgehead atoms. The van der Waals surface area contributed by atoms with Crippen molar-refractivity contribution >= 4 is 23.6 Å². The first-order valence-electron chi connectivity index (χ1n) is 5.41. The number of hydrogen-bond donors (Lipinski definition) is 1. The van der Waals surface area contributed by atoms with Crippen molar-refractivity contribution in [3.8, 4) is 10.7 Å². The second-order valence-corrected chi connectivity index (χ2v) is 5.20. The molecule has 0 radical (unpaired) electrons. The molecule has 0 unspecified atom stereocenters. The van der Waals surface area contributed by atoms with Gasteiger partial charge in [-0.2, -0.15) is 5.10 Å². The Morgan fingerprint density at radius 3 is 3.06 bits per heavy atom. The van der Waals surface area contributed by atoms with E-state index in [-0.39, 0.29) is 0 Å². The van der Waals surface area contributed by atoms with Crippen molar-refractivity contribution in [2.45, 2.75) is 6.54 Å². The summed E-state index contributed by atoms with van der Waals surface area (Å²) < 4.78 is 4.55. The van der Waals surface area contributed by atoms with Gasteiger partial charge < -0.3 is 4.57 Å². The second-order valence-electron chi connectivity index (χ2n) is 3.87. The molecule has 0 aromatic carbocycles. The number of imidazole rings is 1. The molecule has 0 saturated carbocycles. The minimum Gasteiger partial charge on any atom is -0.337 e. The van der Waals surface area contributed by atoms with Gasteiger partial charge >= 0.3 is 0 Å². The second kappa shape index (κ2) is 4.51. The van der Waals surface area contributed by atoms with Crippen LogP contribution in [0.25, 0.3) is 10.7 Å². The molecule has 3 aromatic rings. The highest BCUT2D eigenvalue weighted by atomic mass is 32.1. The summed E-state index contributed by atoms with van der Waals surface area (Å²) in [4.78, 5) is 5.41. The summed E-state index contributed by atoms with van der Waals surface area (Å²) in [5.74, 6) is 1.81. The van der Waals surface area contributed by atoms with Crippen LogP contribution in [0.15, 0.2) is 29.9 Å². The largest absolute Gasteiger partial charge is 0.337 e. The summed E-state index contributed by atoms with van der Waals surface area (Å²) in [5.41, 5.74) is 0.